The fourth-order valence-corrected chi connectivity index (χ4v) is 3.36. The Balaban J connectivity index is 0.00000106. The number of hydrogen-bond acceptors (Lipinski definition) is 3. The van der Waals surface area contributed by atoms with Gasteiger partial charge in [0.15, 0.2) is 0 Å². The molecule has 1 rings (SSSR count). The fourth-order valence-electron chi connectivity index (χ4n) is 0.935. The summed E-state index contributed by atoms with van der Waals surface area (Å²) in [5.74, 6) is 0.981. The standard InChI is InChI=1S/C11H17NS2.C2H6/c1-11(2,3)14-13-8-9-6-4-5-7-10(9)12;1-2/h4-7H,8,12H2,1-3H3;1-2H3. The zero-order valence-corrected chi connectivity index (χ0v) is 12.5. The molecule has 1 aromatic rings. The van der Waals surface area contributed by atoms with E-state index in [0.29, 0.717) is 4.75 Å². The van der Waals surface area contributed by atoms with Crippen LogP contribution >= 0.6 is 21.6 Å². The zero-order chi connectivity index (χ0) is 12.6. The summed E-state index contributed by atoms with van der Waals surface area (Å²) in [6, 6.07) is 8.05. The molecule has 0 spiro atoms. The molecule has 2 N–H and O–H groups in total. The molecule has 0 heterocycles. The van der Waals surface area contributed by atoms with Crippen LogP contribution in [0.15, 0.2) is 24.3 Å². The first-order valence-corrected chi connectivity index (χ1v) is 7.95. The van der Waals surface area contributed by atoms with Gasteiger partial charge in [0.25, 0.3) is 0 Å². The van der Waals surface area contributed by atoms with E-state index in [4.69, 9.17) is 5.73 Å². The average molecular weight is 257 g/mol. The maximum Gasteiger partial charge on any atom is 0.0355 e. The van der Waals surface area contributed by atoms with Gasteiger partial charge in [-0.2, -0.15) is 0 Å². The Kier molecular flexibility index (Phi) is 7.77. The average Bonchev–Trinajstić information content (AvgIpc) is 2.22. The van der Waals surface area contributed by atoms with Crippen molar-refractivity contribution in [3.05, 3.63) is 29.8 Å². The quantitative estimate of drug-likeness (QED) is 0.611. The van der Waals surface area contributed by atoms with Gasteiger partial charge >= 0.3 is 0 Å². The minimum absolute atomic E-state index is 0.314. The highest BCUT2D eigenvalue weighted by Gasteiger charge is 2.11. The Morgan fingerprint density at radius 1 is 1.12 bits per heavy atom. The van der Waals surface area contributed by atoms with Gasteiger partial charge in [0.2, 0.25) is 0 Å². The van der Waals surface area contributed by atoms with Gasteiger partial charge in [-0.25, -0.2) is 0 Å². The van der Waals surface area contributed by atoms with Gasteiger partial charge < -0.3 is 5.73 Å². The predicted molar refractivity (Wildman–Crippen MR) is 80.8 cm³/mol. The van der Waals surface area contributed by atoms with E-state index in [9.17, 15) is 0 Å². The van der Waals surface area contributed by atoms with Crippen molar-refractivity contribution >= 4 is 27.3 Å². The van der Waals surface area contributed by atoms with Crippen molar-refractivity contribution in [2.24, 2.45) is 0 Å². The smallest absolute Gasteiger partial charge is 0.0355 e. The van der Waals surface area contributed by atoms with Crippen LogP contribution in [0.1, 0.15) is 40.2 Å². The highest BCUT2D eigenvalue weighted by atomic mass is 33.1. The first-order valence-electron chi connectivity index (χ1n) is 5.63. The molecular weight excluding hydrogens is 234 g/mol. The van der Waals surface area contributed by atoms with Crippen LogP contribution in [0.3, 0.4) is 0 Å². The number of benzene rings is 1. The summed E-state index contributed by atoms with van der Waals surface area (Å²) in [5, 5.41) is 0. The highest BCUT2D eigenvalue weighted by molar-refractivity contribution is 8.76. The molecular formula is C13H23NS2. The Bertz CT molecular complexity index is 292. The Labute approximate surface area is 108 Å². The molecule has 0 saturated carbocycles. The summed E-state index contributed by atoms with van der Waals surface area (Å²) in [6.45, 7) is 10.7. The third-order valence-electron chi connectivity index (χ3n) is 1.58. The van der Waals surface area contributed by atoms with Crippen molar-refractivity contribution in [3.63, 3.8) is 0 Å². The lowest BCUT2D eigenvalue weighted by Crippen LogP contribution is -2.04. The largest absolute Gasteiger partial charge is 0.398 e. The van der Waals surface area contributed by atoms with Crippen molar-refractivity contribution in [1.82, 2.24) is 0 Å². The van der Waals surface area contributed by atoms with Crippen LogP contribution in [-0.2, 0) is 5.75 Å². The Morgan fingerprint density at radius 3 is 2.19 bits per heavy atom. The van der Waals surface area contributed by atoms with E-state index < -0.39 is 0 Å². The van der Waals surface area contributed by atoms with E-state index in [0.717, 1.165) is 11.4 Å². The van der Waals surface area contributed by atoms with E-state index in [1.807, 2.05) is 53.6 Å². The van der Waals surface area contributed by atoms with Crippen molar-refractivity contribution < 1.29 is 0 Å². The molecule has 0 unspecified atom stereocenters. The lowest BCUT2D eigenvalue weighted by molar-refractivity contribution is 0.810. The van der Waals surface area contributed by atoms with E-state index in [2.05, 4.69) is 26.8 Å². The normalized spacial score (nSPS) is 10.6. The predicted octanol–water partition coefficient (Wildman–Crippen LogP) is 4.97. The van der Waals surface area contributed by atoms with Gasteiger partial charge in [0.1, 0.15) is 0 Å². The summed E-state index contributed by atoms with van der Waals surface area (Å²) < 4.78 is 0.314. The molecule has 0 bridgehead atoms. The molecule has 0 aliphatic carbocycles. The van der Waals surface area contributed by atoms with Gasteiger partial charge in [-0.15, -0.1) is 0 Å². The van der Waals surface area contributed by atoms with Crippen LogP contribution in [0.25, 0.3) is 0 Å². The maximum absolute atomic E-state index is 5.85. The summed E-state index contributed by atoms with van der Waals surface area (Å²) in [5.41, 5.74) is 7.98. The molecule has 3 heteroatoms. The van der Waals surface area contributed by atoms with Gasteiger partial charge in [-0.05, 0) is 11.6 Å². The molecule has 0 aromatic heterocycles. The number of rotatable bonds is 3. The number of nitrogens with two attached hydrogens (primary N) is 1. The lowest BCUT2D eigenvalue weighted by Gasteiger charge is -2.16. The molecule has 16 heavy (non-hydrogen) atoms. The van der Waals surface area contributed by atoms with Crippen molar-refractivity contribution in [2.75, 3.05) is 5.73 Å². The van der Waals surface area contributed by atoms with Crippen LogP contribution in [0.4, 0.5) is 5.69 Å². The monoisotopic (exact) mass is 257 g/mol. The zero-order valence-electron chi connectivity index (χ0n) is 10.9. The summed E-state index contributed by atoms with van der Waals surface area (Å²) in [6.07, 6.45) is 0. The molecule has 92 valence electrons. The maximum atomic E-state index is 5.85. The molecule has 0 saturated heterocycles. The van der Waals surface area contributed by atoms with Gasteiger partial charge in [0, 0.05) is 16.2 Å². The Morgan fingerprint density at radius 2 is 1.69 bits per heavy atom. The minimum Gasteiger partial charge on any atom is -0.398 e. The number of anilines is 1. The molecule has 0 atom stereocenters. The second kappa shape index (κ2) is 7.91. The highest BCUT2D eigenvalue weighted by Crippen LogP contribution is 2.37. The van der Waals surface area contributed by atoms with Crippen molar-refractivity contribution in [3.8, 4) is 0 Å². The SMILES string of the molecule is CC.CC(C)(C)SSCc1ccccc1N. The topological polar surface area (TPSA) is 26.0 Å². The number of hydrogen-bond donors (Lipinski definition) is 1. The molecule has 0 aliphatic heterocycles. The van der Waals surface area contributed by atoms with Crippen molar-refractivity contribution in [2.45, 2.75) is 45.1 Å². The van der Waals surface area contributed by atoms with E-state index >= 15 is 0 Å². The van der Waals surface area contributed by atoms with Crippen LogP contribution in [0.5, 0.6) is 0 Å². The van der Waals surface area contributed by atoms with Crippen LogP contribution < -0.4 is 5.73 Å². The van der Waals surface area contributed by atoms with Crippen LogP contribution in [0, 0.1) is 0 Å². The second-order valence-electron chi connectivity index (χ2n) is 4.16. The molecule has 1 aromatic carbocycles. The van der Waals surface area contributed by atoms with Crippen LogP contribution in [0.2, 0.25) is 0 Å². The number of nitrogen functional groups attached to an aromatic ring is 1. The van der Waals surface area contributed by atoms with Gasteiger partial charge in [-0.1, -0.05) is 74.4 Å². The third kappa shape index (κ3) is 7.07. The summed E-state index contributed by atoms with van der Waals surface area (Å²) >= 11 is 0. The second-order valence-corrected chi connectivity index (χ2v) is 7.28. The van der Waals surface area contributed by atoms with E-state index in [1.165, 1.54) is 5.56 Å². The summed E-state index contributed by atoms with van der Waals surface area (Å²) in [7, 11) is 3.76. The van der Waals surface area contributed by atoms with Crippen molar-refractivity contribution in [1.29, 1.82) is 0 Å². The molecule has 0 radical (unpaired) electrons. The van der Waals surface area contributed by atoms with E-state index in [1.54, 1.807) is 0 Å². The molecule has 0 aliphatic rings. The molecule has 0 amide bonds. The third-order valence-corrected chi connectivity index (χ3v) is 4.83. The Hall–Kier alpha value is -0.280. The van der Waals surface area contributed by atoms with Gasteiger partial charge in [-0.3, -0.25) is 0 Å². The lowest BCUT2D eigenvalue weighted by atomic mass is 10.2. The van der Waals surface area contributed by atoms with Crippen LogP contribution in [-0.4, -0.2) is 4.75 Å². The number of para-hydroxylation sites is 1. The minimum atomic E-state index is 0.314. The first-order chi connectivity index (χ1) is 7.49. The first kappa shape index (κ1) is 15.7. The molecule has 1 nitrogen and oxygen atoms in total. The summed E-state index contributed by atoms with van der Waals surface area (Å²) in [4.78, 5) is 0. The fraction of sp³-hybridized carbons (Fsp3) is 0.538. The van der Waals surface area contributed by atoms with Gasteiger partial charge in [0.05, 0.1) is 0 Å². The van der Waals surface area contributed by atoms with E-state index in [-0.39, 0.29) is 0 Å². The molecule has 0 fully saturated rings.